The minimum Gasteiger partial charge on any atom is -0.481 e. The van der Waals surface area contributed by atoms with Gasteiger partial charge in [-0.1, -0.05) is 0 Å². The lowest BCUT2D eigenvalue weighted by molar-refractivity contribution is -0.137. The van der Waals surface area contributed by atoms with Crippen LogP contribution >= 0.6 is 0 Å². The Bertz CT molecular complexity index is 621. The Kier molecular flexibility index (Phi) is 1.59. The van der Waals surface area contributed by atoms with Gasteiger partial charge in [0.25, 0.3) is 0 Å². The van der Waals surface area contributed by atoms with E-state index in [4.69, 9.17) is 15.7 Å². The van der Waals surface area contributed by atoms with E-state index in [1.54, 1.807) is 0 Å². The molecule has 3 heteroatoms. The first-order valence-electron chi connectivity index (χ1n) is 10.4. The van der Waals surface area contributed by atoms with Crippen LogP contribution < -0.4 is 0 Å². The van der Waals surface area contributed by atoms with Crippen LogP contribution in [0.5, 0.6) is 0 Å². The van der Waals surface area contributed by atoms with Gasteiger partial charge in [0, 0.05) is 18.5 Å². The number of rotatable bonds is 4. The molecule has 6 aliphatic rings. The molecule has 4 spiro atoms. The van der Waals surface area contributed by atoms with Crippen LogP contribution in [0.2, 0.25) is 0 Å². The number of carboxylic acids is 1. The SMILES string of the molecule is [2H]C([2H])(C(=O)O)C1C2(CC2)C12CC2.[2H]C([2H])(CO)C1C2(CC2)C12CC2. The highest BCUT2D eigenvalue weighted by molar-refractivity contribution is 5.69. The third kappa shape index (κ3) is 1.42. The summed E-state index contributed by atoms with van der Waals surface area (Å²) in [6, 6.07) is 0. The third-order valence-corrected chi connectivity index (χ3v) is 7.74. The van der Waals surface area contributed by atoms with Crippen LogP contribution in [0.1, 0.15) is 69.6 Å². The molecule has 0 unspecified atom stereocenters. The second-order valence-electron chi connectivity index (χ2n) is 8.30. The zero-order valence-corrected chi connectivity index (χ0v) is 12.3. The van der Waals surface area contributed by atoms with Crippen LogP contribution in [-0.4, -0.2) is 22.8 Å². The van der Waals surface area contributed by atoms with Crippen molar-refractivity contribution in [3.8, 4) is 0 Å². The number of hydrogen-bond donors (Lipinski definition) is 2. The van der Waals surface area contributed by atoms with Gasteiger partial charge in [0.05, 0.1) is 0 Å². The molecule has 0 aliphatic heterocycles. The number of aliphatic hydroxyl groups is 1. The largest absolute Gasteiger partial charge is 0.481 e. The van der Waals surface area contributed by atoms with Crippen LogP contribution in [0.15, 0.2) is 0 Å². The van der Waals surface area contributed by atoms with E-state index in [0.29, 0.717) is 10.8 Å². The molecule has 0 saturated heterocycles. The average molecular weight is 294 g/mol. The maximum absolute atomic E-state index is 10.8. The quantitative estimate of drug-likeness (QED) is 0.837. The Morgan fingerprint density at radius 2 is 1.29 bits per heavy atom. The van der Waals surface area contributed by atoms with Crippen molar-refractivity contribution in [2.75, 3.05) is 6.61 Å². The van der Waals surface area contributed by atoms with Crippen LogP contribution in [0.25, 0.3) is 0 Å². The van der Waals surface area contributed by atoms with Crippen molar-refractivity contribution < 1.29 is 20.5 Å². The number of fused-ring (bicyclic) bond motifs is 2. The Balaban J connectivity index is 0.000000112. The lowest BCUT2D eigenvalue weighted by Crippen LogP contribution is -1.97. The highest BCUT2D eigenvalue weighted by atomic mass is 16.4. The number of hydrogen-bond acceptors (Lipinski definition) is 2. The Morgan fingerprint density at radius 1 is 0.905 bits per heavy atom. The van der Waals surface area contributed by atoms with E-state index in [-0.39, 0.29) is 29.3 Å². The molecule has 2 N–H and O–H groups in total. The zero-order valence-electron chi connectivity index (χ0n) is 16.3. The van der Waals surface area contributed by atoms with E-state index in [9.17, 15) is 4.79 Å². The molecule has 6 saturated carbocycles. The van der Waals surface area contributed by atoms with Gasteiger partial charge in [-0.2, -0.15) is 0 Å². The van der Waals surface area contributed by atoms with Crippen LogP contribution in [0, 0.1) is 33.5 Å². The van der Waals surface area contributed by atoms with Gasteiger partial charge in [-0.05, 0) is 91.2 Å². The number of carbonyl (C=O) groups is 1. The van der Waals surface area contributed by atoms with E-state index in [1.165, 1.54) is 25.7 Å². The fourth-order valence-corrected chi connectivity index (χ4v) is 6.04. The molecular weight excluding hydrogens is 264 g/mol. The van der Waals surface area contributed by atoms with Gasteiger partial charge in [-0.15, -0.1) is 0 Å². The number of carboxylic acid groups (broad SMARTS) is 1. The standard InChI is InChI=1S/C9H12O2.C9H14O/c10-7(11)5-6-8(1-2-8)9(6)3-4-9;10-6-1-7-8(2-3-8)9(7)4-5-9/h6H,1-5H2,(H,10,11);7,10H,1-6H2/i5D2;1D2. The molecule has 21 heavy (non-hydrogen) atoms. The molecule has 6 aliphatic carbocycles. The topological polar surface area (TPSA) is 57.5 Å². The van der Waals surface area contributed by atoms with Gasteiger partial charge in [-0.3, -0.25) is 4.79 Å². The Labute approximate surface area is 131 Å². The molecule has 0 aromatic heterocycles. The predicted molar refractivity (Wildman–Crippen MR) is 77.6 cm³/mol. The van der Waals surface area contributed by atoms with E-state index >= 15 is 0 Å². The summed E-state index contributed by atoms with van der Waals surface area (Å²) in [5.41, 5.74) is 1.02. The van der Waals surface area contributed by atoms with Crippen molar-refractivity contribution in [3.05, 3.63) is 0 Å². The molecule has 0 amide bonds. The maximum Gasteiger partial charge on any atom is 0.303 e. The summed E-state index contributed by atoms with van der Waals surface area (Å²) in [5, 5.41) is 17.7. The van der Waals surface area contributed by atoms with Gasteiger partial charge < -0.3 is 10.2 Å². The van der Waals surface area contributed by atoms with Crippen LogP contribution in [0.4, 0.5) is 0 Å². The highest BCUT2D eigenvalue weighted by Gasteiger charge is 2.86. The lowest BCUT2D eigenvalue weighted by atomic mass is 10.2. The normalized spacial score (nSPS) is 44.8. The summed E-state index contributed by atoms with van der Waals surface area (Å²) in [4.78, 5) is 10.8. The van der Waals surface area contributed by atoms with Crippen molar-refractivity contribution in [1.82, 2.24) is 0 Å². The average Bonchev–Trinajstić information content (AvgIpc) is 3.38. The van der Waals surface area contributed by atoms with Crippen molar-refractivity contribution in [2.24, 2.45) is 33.5 Å². The Hall–Kier alpha value is -0.570. The molecule has 0 radical (unpaired) electrons. The van der Waals surface area contributed by atoms with Gasteiger partial charge >= 0.3 is 5.97 Å². The van der Waals surface area contributed by atoms with Gasteiger partial charge in [-0.25, -0.2) is 0 Å². The summed E-state index contributed by atoms with van der Waals surface area (Å²) in [6.07, 6.45) is 5.84. The molecule has 0 aromatic carbocycles. The van der Waals surface area contributed by atoms with Gasteiger partial charge in [0.1, 0.15) is 0 Å². The van der Waals surface area contributed by atoms with Crippen molar-refractivity contribution >= 4 is 5.97 Å². The molecule has 0 atom stereocenters. The molecule has 6 fully saturated rings. The minimum absolute atomic E-state index is 0.134. The molecule has 0 aromatic rings. The fraction of sp³-hybridized carbons (Fsp3) is 0.944. The molecule has 3 nitrogen and oxygen atoms in total. The first-order chi connectivity index (χ1) is 11.6. The maximum atomic E-state index is 10.8. The first kappa shape index (κ1) is 9.54. The van der Waals surface area contributed by atoms with Crippen LogP contribution in [-0.2, 0) is 4.79 Å². The monoisotopic (exact) mass is 294 g/mol. The second kappa shape index (κ2) is 3.50. The fourth-order valence-electron chi connectivity index (χ4n) is 6.04. The van der Waals surface area contributed by atoms with Gasteiger partial charge in [0.15, 0.2) is 0 Å². The summed E-state index contributed by atoms with van der Waals surface area (Å²) >= 11 is 0. The van der Waals surface area contributed by atoms with Crippen molar-refractivity contribution in [3.63, 3.8) is 0 Å². The third-order valence-electron chi connectivity index (χ3n) is 7.74. The molecule has 116 valence electrons. The first-order valence-corrected chi connectivity index (χ1v) is 8.41. The van der Waals surface area contributed by atoms with E-state index in [1.807, 2.05) is 0 Å². The minimum atomic E-state index is -1.98. The van der Waals surface area contributed by atoms with E-state index < -0.39 is 18.7 Å². The van der Waals surface area contributed by atoms with E-state index in [0.717, 1.165) is 25.7 Å². The lowest BCUT2D eigenvalue weighted by Gasteiger charge is -1.89. The number of aliphatic hydroxyl groups excluding tert-OH is 1. The van der Waals surface area contributed by atoms with Crippen molar-refractivity contribution in [2.45, 2.75) is 64.1 Å². The van der Waals surface area contributed by atoms with Crippen molar-refractivity contribution in [1.29, 1.82) is 0 Å². The Morgan fingerprint density at radius 3 is 1.57 bits per heavy atom. The smallest absolute Gasteiger partial charge is 0.303 e. The summed E-state index contributed by atoms with van der Waals surface area (Å²) < 4.78 is 30.5. The molecular formula is C18H26O3. The molecule has 6 rings (SSSR count). The van der Waals surface area contributed by atoms with Gasteiger partial charge in [0.2, 0.25) is 0 Å². The summed E-state index contributed by atoms with van der Waals surface area (Å²) in [6.45, 7) is -0.291. The summed E-state index contributed by atoms with van der Waals surface area (Å²) in [5.74, 6) is -1.25. The number of aliphatic carboxylic acids is 1. The highest BCUT2D eigenvalue weighted by Crippen LogP contribution is 2.93. The van der Waals surface area contributed by atoms with E-state index in [2.05, 4.69) is 0 Å². The molecule has 0 heterocycles. The predicted octanol–water partition coefficient (Wildman–Crippen LogP) is 3.21. The second-order valence-corrected chi connectivity index (χ2v) is 8.30. The molecule has 0 bridgehead atoms. The van der Waals surface area contributed by atoms with Crippen LogP contribution in [0.3, 0.4) is 0 Å². The zero-order chi connectivity index (χ0) is 18.1. The summed E-state index contributed by atoms with van der Waals surface area (Å²) in [7, 11) is 0.